The summed E-state index contributed by atoms with van der Waals surface area (Å²) in [5.41, 5.74) is 7.11. The van der Waals surface area contributed by atoms with Gasteiger partial charge in [0.15, 0.2) is 0 Å². The standard InChI is InChI=1S/C18H21FN2O2.CH4O3S/c1-13(18(20)22)21-10-9-14-5-7-17(8-6-14)23-12-15-3-2-4-16(19)11-15;1-5(2,3)4/h2-8,11,13,21H,9-10,12H2,1H3,(H2,20,22);1H3,(H,2,3,4). The molecule has 9 heteroatoms. The molecule has 28 heavy (non-hydrogen) atoms. The lowest BCUT2D eigenvalue weighted by molar-refractivity contribution is -0.119. The van der Waals surface area contributed by atoms with E-state index in [4.69, 9.17) is 15.0 Å². The van der Waals surface area contributed by atoms with Crippen LogP contribution in [0.3, 0.4) is 0 Å². The molecule has 2 aromatic rings. The molecule has 154 valence electrons. The summed E-state index contributed by atoms with van der Waals surface area (Å²) in [4.78, 5) is 10.9. The van der Waals surface area contributed by atoms with Crippen LogP contribution in [0.4, 0.5) is 4.39 Å². The molecule has 7 nitrogen and oxygen atoms in total. The van der Waals surface area contributed by atoms with Crippen molar-refractivity contribution in [1.82, 2.24) is 5.32 Å². The lowest BCUT2D eigenvalue weighted by Crippen LogP contribution is -2.39. The van der Waals surface area contributed by atoms with E-state index in [-0.39, 0.29) is 17.8 Å². The Bertz CT molecular complexity index is 849. The van der Waals surface area contributed by atoms with Gasteiger partial charge in [0.25, 0.3) is 10.1 Å². The Kier molecular flexibility index (Phi) is 9.57. The Morgan fingerprint density at radius 1 is 1.21 bits per heavy atom. The van der Waals surface area contributed by atoms with Crippen LogP contribution in [-0.2, 0) is 27.9 Å². The van der Waals surface area contributed by atoms with Gasteiger partial charge in [-0.1, -0.05) is 24.3 Å². The number of hydrogen-bond acceptors (Lipinski definition) is 5. The van der Waals surface area contributed by atoms with Crippen molar-refractivity contribution >= 4 is 16.0 Å². The van der Waals surface area contributed by atoms with Crippen LogP contribution in [0.15, 0.2) is 48.5 Å². The summed E-state index contributed by atoms with van der Waals surface area (Å²) >= 11 is 0. The number of rotatable bonds is 8. The highest BCUT2D eigenvalue weighted by Crippen LogP contribution is 2.15. The molecule has 0 aliphatic rings. The number of carbonyl (C=O) groups is 1. The highest BCUT2D eigenvalue weighted by molar-refractivity contribution is 7.85. The fourth-order valence-corrected chi connectivity index (χ4v) is 2.08. The van der Waals surface area contributed by atoms with Crippen molar-refractivity contribution in [2.75, 3.05) is 12.8 Å². The van der Waals surface area contributed by atoms with E-state index in [0.29, 0.717) is 19.4 Å². The molecule has 1 atom stereocenters. The van der Waals surface area contributed by atoms with Crippen LogP contribution >= 0.6 is 0 Å². The van der Waals surface area contributed by atoms with Gasteiger partial charge in [0, 0.05) is 0 Å². The van der Waals surface area contributed by atoms with Gasteiger partial charge in [-0.15, -0.1) is 0 Å². The molecule has 1 unspecified atom stereocenters. The van der Waals surface area contributed by atoms with Crippen LogP contribution in [0.5, 0.6) is 5.75 Å². The number of benzene rings is 2. The maximum Gasteiger partial charge on any atom is 0.261 e. The van der Waals surface area contributed by atoms with Crippen LogP contribution in [0, 0.1) is 5.82 Å². The minimum atomic E-state index is -3.67. The average molecular weight is 412 g/mol. The number of ether oxygens (including phenoxy) is 1. The first kappa shape index (κ1) is 23.5. The number of halogens is 1. The summed E-state index contributed by atoms with van der Waals surface area (Å²) < 4.78 is 44.6. The van der Waals surface area contributed by atoms with Gasteiger partial charge in [-0.2, -0.15) is 8.42 Å². The van der Waals surface area contributed by atoms with Crippen molar-refractivity contribution in [2.45, 2.75) is 26.0 Å². The van der Waals surface area contributed by atoms with Crippen molar-refractivity contribution < 1.29 is 26.9 Å². The number of carbonyl (C=O) groups excluding carboxylic acids is 1. The average Bonchev–Trinajstić information content (AvgIpc) is 2.59. The maximum absolute atomic E-state index is 13.1. The van der Waals surface area contributed by atoms with E-state index < -0.39 is 10.1 Å². The second-order valence-corrected chi connectivity index (χ2v) is 7.59. The second-order valence-electron chi connectivity index (χ2n) is 6.12. The molecule has 0 spiro atoms. The van der Waals surface area contributed by atoms with Gasteiger partial charge >= 0.3 is 0 Å². The van der Waals surface area contributed by atoms with E-state index in [9.17, 15) is 17.6 Å². The van der Waals surface area contributed by atoms with Gasteiger partial charge in [0.2, 0.25) is 5.91 Å². The summed E-state index contributed by atoms with van der Waals surface area (Å²) in [5, 5.41) is 3.06. The first-order chi connectivity index (χ1) is 13.0. The van der Waals surface area contributed by atoms with Crippen LogP contribution in [0.2, 0.25) is 0 Å². The molecular weight excluding hydrogens is 387 g/mol. The molecule has 0 bridgehead atoms. The minimum Gasteiger partial charge on any atom is -0.489 e. The Labute approximate surface area is 164 Å². The first-order valence-electron chi connectivity index (χ1n) is 8.46. The molecule has 0 aromatic heterocycles. The third-order valence-electron chi connectivity index (χ3n) is 3.51. The van der Waals surface area contributed by atoms with Crippen LogP contribution in [0.1, 0.15) is 18.1 Å². The van der Waals surface area contributed by atoms with Crippen LogP contribution in [-0.4, -0.2) is 37.7 Å². The maximum atomic E-state index is 13.1. The SMILES string of the molecule is CC(NCCc1ccc(OCc2cccc(F)c2)cc1)C(N)=O.CS(=O)(=O)O. The molecule has 2 rings (SSSR count). The number of nitrogens with two attached hydrogens (primary N) is 1. The van der Waals surface area contributed by atoms with Crippen molar-refractivity contribution in [3.05, 3.63) is 65.5 Å². The molecular formula is C19H25FN2O5S. The van der Waals surface area contributed by atoms with E-state index in [1.165, 1.54) is 12.1 Å². The van der Waals surface area contributed by atoms with Crippen molar-refractivity contribution in [2.24, 2.45) is 5.73 Å². The van der Waals surface area contributed by atoms with E-state index >= 15 is 0 Å². The Balaban J connectivity index is 0.000000696. The lowest BCUT2D eigenvalue weighted by atomic mass is 10.1. The molecule has 2 aromatic carbocycles. The molecule has 0 aliphatic heterocycles. The van der Waals surface area contributed by atoms with Crippen molar-refractivity contribution in [3.8, 4) is 5.75 Å². The first-order valence-corrected chi connectivity index (χ1v) is 10.3. The van der Waals surface area contributed by atoms with E-state index in [0.717, 1.165) is 23.3 Å². The monoisotopic (exact) mass is 412 g/mol. The topological polar surface area (TPSA) is 119 Å². The number of hydrogen-bond donors (Lipinski definition) is 3. The zero-order valence-corrected chi connectivity index (χ0v) is 16.6. The molecule has 0 heterocycles. The summed E-state index contributed by atoms with van der Waals surface area (Å²) in [6.07, 6.45) is 1.51. The largest absolute Gasteiger partial charge is 0.489 e. The van der Waals surface area contributed by atoms with Gasteiger partial charge < -0.3 is 15.8 Å². The quantitative estimate of drug-likeness (QED) is 0.570. The highest BCUT2D eigenvalue weighted by Gasteiger charge is 2.06. The second kappa shape index (κ2) is 11.4. The molecule has 1 amide bonds. The minimum absolute atomic E-state index is 0.265. The normalized spacial score (nSPS) is 11.9. The molecule has 0 fully saturated rings. The predicted octanol–water partition coefficient (Wildman–Crippen LogP) is 1.91. The number of nitrogens with one attached hydrogen (secondary N) is 1. The van der Waals surface area contributed by atoms with Crippen molar-refractivity contribution in [1.29, 1.82) is 0 Å². The Morgan fingerprint density at radius 2 is 1.82 bits per heavy atom. The van der Waals surface area contributed by atoms with Gasteiger partial charge in [0.05, 0.1) is 12.3 Å². The van der Waals surface area contributed by atoms with E-state index in [1.54, 1.807) is 13.0 Å². The highest BCUT2D eigenvalue weighted by atomic mass is 32.2. The smallest absolute Gasteiger partial charge is 0.261 e. The van der Waals surface area contributed by atoms with Crippen LogP contribution in [0.25, 0.3) is 0 Å². The zero-order chi connectivity index (χ0) is 21.2. The third-order valence-corrected chi connectivity index (χ3v) is 3.51. The molecule has 0 saturated carbocycles. The fourth-order valence-electron chi connectivity index (χ4n) is 2.08. The number of amides is 1. The Hall–Kier alpha value is -2.49. The zero-order valence-electron chi connectivity index (χ0n) is 15.8. The molecule has 0 saturated heterocycles. The summed E-state index contributed by atoms with van der Waals surface area (Å²) in [6, 6.07) is 13.7. The molecule has 0 radical (unpaired) electrons. The summed E-state index contributed by atoms with van der Waals surface area (Å²) in [5.74, 6) is 0.113. The van der Waals surface area contributed by atoms with Gasteiger partial charge in [0.1, 0.15) is 18.2 Å². The van der Waals surface area contributed by atoms with Crippen LogP contribution < -0.4 is 15.8 Å². The molecule has 4 N–H and O–H groups in total. The predicted molar refractivity (Wildman–Crippen MR) is 105 cm³/mol. The van der Waals surface area contributed by atoms with E-state index in [2.05, 4.69) is 5.32 Å². The van der Waals surface area contributed by atoms with Gasteiger partial charge in [-0.05, 0) is 55.3 Å². The Morgan fingerprint density at radius 3 is 2.36 bits per heavy atom. The van der Waals surface area contributed by atoms with Gasteiger partial charge in [-0.3, -0.25) is 9.35 Å². The third kappa shape index (κ3) is 11.3. The molecule has 0 aliphatic carbocycles. The summed E-state index contributed by atoms with van der Waals surface area (Å²) in [6.45, 7) is 2.74. The lowest BCUT2D eigenvalue weighted by Gasteiger charge is -2.10. The fraction of sp³-hybridized carbons (Fsp3) is 0.316. The number of primary amides is 1. The van der Waals surface area contributed by atoms with Gasteiger partial charge in [-0.25, -0.2) is 4.39 Å². The van der Waals surface area contributed by atoms with Crippen molar-refractivity contribution in [3.63, 3.8) is 0 Å². The van der Waals surface area contributed by atoms with E-state index in [1.807, 2.05) is 30.3 Å². The summed E-state index contributed by atoms with van der Waals surface area (Å²) in [7, 11) is -3.67.